The molecule has 0 saturated carbocycles. The molecule has 1 aromatic rings. The maximum absolute atomic E-state index is 11.8. The molecule has 0 aliphatic carbocycles. The van der Waals surface area contributed by atoms with Gasteiger partial charge in [0.2, 0.25) is 11.8 Å². The highest BCUT2D eigenvalue weighted by atomic mass is 19.4. The molecule has 21 heavy (non-hydrogen) atoms. The number of rotatable bonds is 8. The zero-order chi connectivity index (χ0) is 15.7. The molecule has 1 heterocycles. The van der Waals surface area contributed by atoms with E-state index in [2.05, 4.69) is 15.0 Å². The van der Waals surface area contributed by atoms with Crippen LogP contribution in [0.25, 0.3) is 0 Å². The van der Waals surface area contributed by atoms with Crippen LogP contribution in [0.15, 0.2) is 18.3 Å². The molecule has 0 atom stereocenters. The summed E-state index contributed by atoms with van der Waals surface area (Å²) >= 11 is 0. The molecule has 118 valence electrons. The van der Waals surface area contributed by atoms with Crippen molar-refractivity contribution in [2.45, 2.75) is 6.18 Å². The van der Waals surface area contributed by atoms with Gasteiger partial charge in [0.1, 0.15) is 19.8 Å². The van der Waals surface area contributed by atoms with Gasteiger partial charge in [-0.2, -0.15) is 13.2 Å². The molecule has 1 aromatic heterocycles. The minimum absolute atomic E-state index is 0.328. The lowest BCUT2D eigenvalue weighted by atomic mass is 10.4. The number of ether oxygens (including phenoxy) is 3. The van der Waals surface area contributed by atoms with Gasteiger partial charge in [0.25, 0.3) is 0 Å². The molecule has 0 aromatic carbocycles. The molecule has 0 unspecified atom stereocenters. The maximum Gasteiger partial charge on any atom is 0.411 e. The molecule has 6 nitrogen and oxygen atoms in total. The number of carbonyl (C=O) groups is 1. The number of carbonyl (C=O) groups excluding carboxylic acids is 1. The molecule has 1 rings (SSSR count). The highest BCUT2D eigenvalue weighted by Gasteiger charge is 2.27. The van der Waals surface area contributed by atoms with Crippen LogP contribution in [-0.2, 0) is 14.3 Å². The number of anilines is 1. The highest BCUT2D eigenvalue weighted by molar-refractivity contribution is 5.91. The summed E-state index contributed by atoms with van der Waals surface area (Å²) in [6.45, 7) is -1.41. The first-order valence-electron chi connectivity index (χ1n) is 5.93. The molecule has 0 fully saturated rings. The van der Waals surface area contributed by atoms with E-state index in [4.69, 9.17) is 9.47 Å². The standard InChI is InChI=1S/C12H15F3N2O4/c1-19-4-5-21-11-3-2-9(6-16-11)17-10(18)7-20-8-12(13,14)15/h2-3,6H,4-5,7-8H2,1H3,(H,17,18). The average molecular weight is 308 g/mol. The zero-order valence-corrected chi connectivity index (χ0v) is 11.3. The summed E-state index contributed by atoms with van der Waals surface area (Å²) in [4.78, 5) is 15.2. The van der Waals surface area contributed by atoms with Gasteiger partial charge in [0.05, 0.1) is 18.5 Å². The van der Waals surface area contributed by atoms with Crippen LogP contribution in [0.2, 0.25) is 0 Å². The molecule has 0 spiro atoms. The molecule has 0 aliphatic heterocycles. The summed E-state index contributed by atoms with van der Waals surface area (Å²) in [5.74, 6) is -0.354. The number of methoxy groups -OCH3 is 1. The number of halogens is 3. The Kier molecular flexibility index (Phi) is 6.89. The van der Waals surface area contributed by atoms with E-state index < -0.39 is 25.3 Å². The molecular formula is C12H15F3N2O4. The van der Waals surface area contributed by atoms with Crippen molar-refractivity contribution < 1.29 is 32.2 Å². The lowest BCUT2D eigenvalue weighted by Gasteiger charge is -2.09. The van der Waals surface area contributed by atoms with Crippen molar-refractivity contribution >= 4 is 11.6 Å². The highest BCUT2D eigenvalue weighted by Crippen LogP contribution is 2.14. The van der Waals surface area contributed by atoms with Crippen molar-refractivity contribution in [3.05, 3.63) is 18.3 Å². The second kappa shape index (κ2) is 8.42. The van der Waals surface area contributed by atoms with E-state index in [1.807, 2.05) is 0 Å². The lowest BCUT2D eigenvalue weighted by molar-refractivity contribution is -0.174. The summed E-state index contributed by atoms with van der Waals surface area (Å²) in [5, 5.41) is 2.35. The smallest absolute Gasteiger partial charge is 0.411 e. The Morgan fingerprint density at radius 1 is 1.33 bits per heavy atom. The fourth-order valence-corrected chi connectivity index (χ4v) is 1.23. The fourth-order valence-electron chi connectivity index (χ4n) is 1.23. The van der Waals surface area contributed by atoms with Gasteiger partial charge in [-0.15, -0.1) is 0 Å². The van der Waals surface area contributed by atoms with Crippen LogP contribution in [0.1, 0.15) is 0 Å². The molecule has 0 bridgehead atoms. The molecule has 0 aliphatic rings. The van der Waals surface area contributed by atoms with Gasteiger partial charge in [0.15, 0.2) is 0 Å². The maximum atomic E-state index is 11.8. The van der Waals surface area contributed by atoms with Crippen LogP contribution in [-0.4, -0.2) is 50.6 Å². The van der Waals surface area contributed by atoms with Crippen molar-refractivity contribution in [2.75, 3.05) is 38.9 Å². The third kappa shape index (κ3) is 8.10. The van der Waals surface area contributed by atoms with Gasteiger partial charge in [-0.05, 0) is 6.07 Å². The van der Waals surface area contributed by atoms with Gasteiger partial charge in [-0.3, -0.25) is 4.79 Å². The molecule has 1 amide bonds. The van der Waals surface area contributed by atoms with Crippen LogP contribution in [0.4, 0.5) is 18.9 Å². The average Bonchev–Trinajstić information content (AvgIpc) is 2.39. The summed E-state index contributed by atoms with van der Waals surface area (Å²) < 4.78 is 49.7. The Bertz CT molecular complexity index is 437. The normalized spacial score (nSPS) is 11.2. The molecular weight excluding hydrogens is 293 g/mol. The molecule has 0 saturated heterocycles. The van der Waals surface area contributed by atoms with Crippen LogP contribution < -0.4 is 10.1 Å². The SMILES string of the molecule is COCCOc1ccc(NC(=O)COCC(F)(F)F)cn1. The van der Waals surface area contributed by atoms with Gasteiger partial charge >= 0.3 is 6.18 Å². The number of amides is 1. The van der Waals surface area contributed by atoms with Crippen LogP contribution in [0, 0.1) is 0 Å². The van der Waals surface area contributed by atoms with E-state index in [0.717, 1.165) is 0 Å². The topological polar surface area (TPSA) is 69.7 Å². The van der Waals surface area contributed by atoms with E-state index >= 15 is 0 Å². The molecule has 0 radical (unpaired) electrons. The zero-order valence-electron chi connectivity index (χ0n) is 11.3. The van der Waals surface area contributed by atoms with E-state index in [9.17, 15) is 18.0 Å². The Morgan fingerprint density at radius 2 is 2.10 bits per heavy atom. The van der Waals surface area contributed by atoms with Crippen LogP contribution in [0.5, 0.6) is 5.88 Å². The third-order valence-electron chi connectivity index (χ3n) is 2.06. The first-order valence-corrected chi connectivity index (χ1v) is 5.93. The number of alkyl halides is 3. The minimum atomic E-state index is -4.46. The Balaban J connectivity index is 2.32. The Labute approximate surface area is 119 Å². The fraction of sp³-hybridized carbons (Fsp3) is 0.500. The summed E-state index contributed by atoms with van der Waals surface area (Å²) in [5.41, 5.74) is 0.328. The summed E-state index contributed by atoms with van der Waals surface area (Å²) in [6, 6.07) is 3.03. The number of nitrogens with zero attached hydrogens (tertiary/aromatic N) is 1. The first kappa shape index (κ1) is 17.2. The number of aromatic nitrogens is 1. The second-order valence-electron chi connectivity index (χ2n) is 3.88. The monoisotopic (exact) mass is 308 g/mol. The van der Waals surface area contributed by atoms with Gasteiger partial charge < -0.3 is 19.5 Å². The number of hydrogen-bond donors (Lipinski definition) is 1. The third-order valence-corrected chi connectivity index (χ3v) is 2.06. The largest absolute Gasteiger partial charge is 0.475 e. The van der Waals surface area contributed by atoms with E-state index in [1.165, 1.54) is 25.4 Å². The van der Waals surface area contributed by atoms with Crippen molar-refractivity contribution in [2.24, 2.45) is 0 Å². The van der Waals surface area contributed by atoms with Gasteiger partial charge in [0, 0.05) is 13.2 Å². The number of pyridine rings is 1. The molecule has 1 N–H and O–H groups in total. The van der Waals surface area contributed by atoms with Crippen LogP contribution >= 0.6 is 0 Å². The number of nitrogens with one attached hydrogen (secondary N) is 1. The van der Waals surface area contributed by atoms with Gasteiger partial charge in [-0.25, -0.2) is 4.98 Å². The second-order valence-corrected chi connectivity index (χ2v) is 3.88. The van der Waals surface area contributed by atoms with E-state index in [-0.39, 0.29) is 0 Å². The molecule has 9 heteroatoms. The van der Waals surface area contributed by atoms with Crippen LogP contribution in [0.3, 0.4) is 0 Å². The van der Waals surface area contributed by atoms with Gasteiger partial charge in [-0.1, -0.05) is 0 Å². The number of hydrogen-bond acceptors (Lipinski definition) is 5. The summed E-state index contributed by atoms with van der Waals surface area (Å²) in [6.07, 6.45) is -3.13. The summed E-state index contributed by atoms with van der Waals surface area (Å²) in [7, 11) is 1.54. The van der Waals surface area contributed by atoms with Crippen molar-refractivity contribution in [3.8, 4) is 5.88 Å². The van der Waals surface area contributed by atoms with Crippen molar-refractivity contribution in [3.63, 3.8) is 0 Å². The van der Waals surface area contributed by atoms with Crippen molar-refractivity contribution in [1.82, 2.24) is 4.98 Å². The minimum Gasteiger partial charge on any atom is -0.475 e. The predicted octanol–water partition coefficient (Wildman–Crippen LogP) is 1.62. The predicted molar refractivity (Wildman–Crippen MR) is 67.1 cm³/mol. The lowest BCUT2D eigenvalue weighted by Crippen LogP contribution is -2.24. The van der Waals surface area contributed by atoms with E-state index in [1.54, 1.807) is 0 Å². The quantitative estimate of drug-likeness (QED) is 0.739. The van der Waals surface area contributed by atoms with E-state index in [0.29, 0.717) is 24.8 Å². The first-order chi connectivity index (χ1) is 9.90. The van der Waals surface area contributed by atoms with Crippen molar-refractivity contribution in [1.29, 1.82) is 0 Å². The Hall–Kier alpha value is -1.87. The Morgan fingerprint density at radius 3 is 2.67 bits per heavy atom.